The molecule has 0 spiro atoms. The number of carboxylic acids is 1. The number of aromatic nitrogens is 1. The van der Waals surface area contributed by atoms with Crippen LogP contribution in [0.4, 0.5) is 10.5 Å². The number of pyridine rings is 1. The smallest absolute Gasteiger partial charge is 0.319 e. The van der Waals surface area contributed by atoms with Crippen LogP contribution in [-0.4, -0.2) is 27.6 Å². The Labute approximate surface area is 142 Å². The van der Waals surface area contributed by atoms with Gasteiger partial charge in [0.2, 0.25) is 0 Å². The van der Waals surface area contributed by atoms with Crippen molar-refractivity contribution in [2.75, 3.05) is 5.32 Å². The monoisotopic (exact) mass is 379 g/mol. The van der Waals surface area contributed by atoms with Gasteiger partial charge in [0.25, 0.3) is 0 Å². The Balaban J connectivity index is 2.12. The quantitative estimate of drug-likeness (QED) is 0.737. The maximum atomic E-state index is 12.2. The van der Waals surface area contributed by atoms with Crippen molar-refractivity contribution in [3.63, 3.8) is 0 Å². The van der Waals surface area contributed by atoms with E-state index in [1.807, 2.05) is 18.2 Å². The lowest BCUT2D eigenvalue weighted by molar-refractivity contribution is -0.137. The number of halogens is 1. The first-order valence-corrected chi connectivity index (χ1v) is 7.92. The lowest BCUT2D eigenvalue weighted by Crippen LogP contribution is -2.45. The molecule has 0 aliphatic rings. The van der Waals surface area contributed by atoms with Gasteiger partial charge in [0, 0.05) is 28.0 Å². The Morgan fingerprint density at radius 3 is 2.74 bits per heavy atom. The molecule has 1 heterocycles. The van der Waals surface area contributed by atoms with Gasteiger partial charge < -0.3 is 15.7 Å². The molecule has 0 atom stereocenters. The van der Waals surface area contributed by atoms with E-state index in [1.54, 1.807) is 26.1 Å². The number of aliphatic carboxylic acids is 1. The highest BCUT2D eigenvalue weighted by molar-refractivity contribution is 9.10. The summed E-state index contributed by atoms with van der Waals surface area (Å²) in [6.07, 6.45) is 2.00. The molecule has 0 aliphatic carbocycles. The van der Waals surface area contributed by atoms with Gasteiger partial charge in [-0.25, -0.2) is 4.79 Å². The summed E-state index contributed by atoms with van der Waals surface area (Å²) in [6.45, 7) is 3.57. The molecule has 6 nitrogen and oxygen atoms in total. The van der Waals surface area contributed by atoms with Crippen LogP contribution in [0.15, 0.2) is 34.9 Å². The van der Waals surface area contributed by atoms with Crippen LogP contribution < -0.4 is 10.6 Å². The van der Waals surface area contributed by atoms with Crippen LogP contribution in [0.25, 0.3) is 10.9 Å². The van der Waals surface area contributed by atoms with Crippen LogP contribution in [0.2, 0.25) is 0 Å². The van der Waals surface area contributed by atoms with Gasteiger partial charge in [-0.2, -0.15) is 0 Å². The van der Waals surface area contributed by atoms with Crippen LogP contribution in [0.1, 0.15) is 26.7 Å². The molecule has 0 fully saturated rings. The number of carbonyl (C=O) groups excluding carboxylic acids is 1. The molecule has 23 heavy (non-hydrogen) atoms. The first-order chi connectivity index (χ1) is 10.8. The Kier molecular flexibility index (Phi) is 5.20. The van der Waals surface area contributed by atoms with E-state index in [4.69, 9.17) is 5.11 Å². The molecule has 0 saturated heterocycles. The Bertz CT molecular complexity index is 746. The number of benzene rings is 1. The van der Waals surface area contributed by atoms with E-state index in [1.165, 1.54) is 0 Å². The highest BCUT2D eigenvalue weighted by Gasteiger charge is 2.22. The van der Waals surface area contributed by atoms with E-state index >= 15 is 0 Å². The number of amides is 2. The number of urea groups is 1. The number of rotatable bonds is 5. The van der Waals surface area contributed by atoms with Gasteiger partial charge in [-0.3, -0.25) is 9.78 Å². The van der Waals surface area contributed by atoms with Gasteiger partial charge in [-0.1, -0.05) is 28.1 Å². The van der Waals surface area contributed by atoms with Crippen LogP contribution in [-0.2, 0) is 4.79 Å². The number of hydrogen-bond donors (Lipinski definition) is 3. The third-order valence-corrected chi connectivity index (χ3v) is 4.07. The summed E-state index contributed by atoms with van der Waals surface area (Å²) in [7, 11) is 0. The minimum Gasteiger partial charge on any atom is -0.481 e. The predicted octanol–water partition coefficient (Wildman–Crippen LogP) is 3.76. The highest BCUT2D eigenvalue weighted by atomic mass is 79.9. The second-order valence-corrected chi connectivity index (χ2v) is 6.71. The minimum absolute atomic E-state index is 0.00392. The number of anilines is 1. The third-order valence-electron chi connectivity index (χ3n) is 3.38. The molecule has 0 aliphatic heterocycles. The van der Waals surface area contributed by atoms with Gasteiger partial charge in [-0.15, -0.1) is 0 Å². The summed E-state index contributed by atoms with van der Waals surface area (Å²) in [4.78, 5) is 27.2. The molecule has 0 radical (unpaired) electrons. The molecule has 7 heteroatoms. The molecule has 0 bridgehead atoms. The zero-order chi connectivity index (χ0) is 17.0. The first-order valence-electron chi connectivity index (χ1n) is 7.13. The predicted molar refractivity (Wildman–Crippen MR) is 92.5 cm³/mol. The largest absolute Gasteiger partial charge is 0.481 e. The number of para-hydroxylation sites is 1. The van der Waals surface area contributed by atoms with Crippen molar-refractivity contribution in [2.45, 2.75) is 32.2 Å². The van der Waals surface area contributed by atoms with E-state index in [0.717, 1.165) is 9.86 Å². The maximum Gasteiger partial charge on any atom is 0.319 e. The zero-order valence-corrected chi connectivity index (χ0v) is 14.5. The molecule has 122 valence electrons. The summed E-state index contributed by atoms with van der Waals surface area (Å²) < 4.78 is 0.897. The lowest BCUT2D eigenvalue weighted by Gasteiger charge is -2.25. The van der Waals surface area contributed by atoms with Crippen LogP contribution in [0, 0.1) is 0 Å². The molecule has 0 unspecified atom stereocenters. The van der Waals surface area contributed by atoms with Crippen LogP contribution in [0.5, 0.6) is 0 Å². The van der Waals surface area contributed by atoms with E-state index in [0.29, 0.717) is 17.6 Å². The second-order valence-electron chi connectivity index (χ2n) is 5.85. The van der Waals surface area contributed by atoms with E-state index < -0.39 is 17.5 Å². The minimum atomic E-state index is -0.886. The Morgan fingerprint density at radius 1 is 1.30 bits per heavy atom. The fraction of sp³-hybridized carbons (Fsp3) is 0.312. The van der Waals surface area contributed by atoms with Gasteiger partial charge in [-0.05, 0) is 32.4 Å². The summed E-state index contributed by atoms with van der Waals surface area (Å²) >= 11 is 3.46. The second kappa shape index (κ2) is 6.95. The fourth-order valence-electron chi connectivity index (χ4n) is 2.19. The number of fused-ring (bicyclic) bond motifs is 1. The molecule has 1 aromatic carbocycles. The summed E-state index contributed by atoms with van der Waals surface area (Å²) in [5, 5.41) is 15.2. The van der Waals surface area contributed by atoms with E-state index in [9.17, 15) is 9.59 Å². The third kappa shape index (κ3) is 4.66. The number of carboxylic acid groups (broad SMARTS) is 1. The number of hydrogen-bond acceptors (Lipinski definition) is 3. The molecule has 2 rings (SSSR count). The highest BCUT2D eigenvalue weighted by Crippen LogP contribution is 2.27. The molecular formula is C16H18BrN3O3. The number of nitrogens with zero attached hydrogens (tertiary/aromatic N) is 1. The number of carbonyl (C=O) groups is 2. The van der Waals surface area contributed by atoms with Crippen molar-refractivity contribution >= 4 is 44.5 Å². The van der Waals surface area contributed by atoms with Gasteiger partial charge >= 0.3 is 12.0 Å². The summed E-state index contributed by atoms with van der Waals surface area (Å²) in [5.74, 6) is -0.886. The maximum absolute atomic E-state index is 12.2. The van der Waals surface area contributed by atoms with Crippen molar-refractivity contribution in [3.8, 4) is 0 Å². The standard InChI is InChI=1S/C16H18BrN3O3/c1-16(2,8-6-13(21)22)20-15(23)19-12-5-3-4-10-11(17)7-9-18-14(10)12/h3-5,7,9H,6,8H2,1-2H3,(H,21,22)(H2,19,20,23). The average molecular weight is 380 g/mol. The van der Waals surface area contributed by atoms with Crippen molar-refractivity contribution in [3.05, 3.63) is 34.9 Å². The lowest BCUT2D eigenvalue weighted by atomic mass is 9.99. The van der Waals surface area contributed by atoms with Gasteiger partial charge in [0.15, 0.2) is 0 Å². The Morgan fingerprint density at radius 2 is 2.04 bits per heavy atom. The summed E-state index contributed by atoms with van der Waals surface area (Å²) in [6, 6.07) is 6.95. The van der Waals surface area contributed by atoms with E-state index in [-0.39, 0.29) is 6.42 Å². The van der Waals surface area contributed by atoms with Gasteiger partial charge in [0.05, 0.1) is 11.2 Å². The van der Waals surface area contributed by atoms with Crippen molar-refractivity contribution in [1.82, 2.24) is 10.3 Å². The Hall–Kier alpha value is -2.15. The SMILES string of the molecule is CC(C)(CCC(=O)O)NC(=O)Nc1cccc2c(Br)ccnc12. The summed E-state index contributed by atoms with van der Waals surface area (Å²) in [5.41, 5.74) is 0.650. The molecule has 0 saturated carbocycles. The fourth-order valence-corrected chi connectivity index (χ4v) is 2.62. The van der Waals surface area contributed by atoms with E-state index in [2.05, 4.69) is 31.5 Å². The van der Waals surface area contributed by atoms with Crippen LogP contribution in [0.3, 0.4) is 0 Å². The number of nitrogens with one attached hydrogen (secondary N) is 2. The van der Waals surface area contributed by atoms with Crippen LogP contribution >= 0.6 is 15.9 Å². The topological polar surface area (TPSA) is 91.3 Å². The molecule has 1 aromatic heterocycles. The normalized spacial score (nSPS) is 11.3. The molecular weight excluding hydrogens is 362 g/mol. The van der Waals surface area contributed by atoms with Crippen molar-refractivity contribution in [1.29, 1.82) is 0 Å². The van der Waals surface area contributed by atoms with Crippen molar-refractivity contribution < 1.29 is 14.7 Å². The van der Waals surface area contributed by atoms with Gasteiger partial charge in [0.1, 0.15) is 0 Å². The average Bonchev–Trinajstić information content (AvgIpc) is 2.46. The molecule has 3 N–H and O–H groups in total. The molecule has 2 aromatic rings. The zero-order valence-electron chi connectivity index (χ0n) is 12.9. The first kappa shape index (κ1) is 17.2. The van der Waals surface area contributed by atoms with Crippen molar-refractivity contribution in [2.24, 2.45) is 0 Å². The molecule has 2 amide bonds.